The summed E-state index contributed by atoms with van der Waals surface area (Å²) in [6, 6.07) is 13.0. The quantitative estimate of drug-likeness (QED) is 0.293. The van der Waals surface area contributed by atoms with Crippen LogP contribution in [-0.2, 0) is 9.47 Å². The third-order valence-electron chi connectivity index (χ3n) is 8.00. The first-order valence-electron chi connectivity index (χ1n) is 14.7. The van der Waals surface area contributed by atoms with Gasteiger partial charge in [-0.25, -0.2) is 9.18 Å². The van der Waals surface area contributed by atoms with Gasteiger partial charge in [-0.05, 0) is 66.5 Å². The largest absolute Gasteiger partial charge is 0.494 e. The van der Waals surface area contributed by atoms with Gasteiger partial charge in [0.1, 0.15) is 23.4 Å². The molecule has 0 spiro atoms. The topological polar surface area (TPSA) is 72.5 Å². The molecule has 0 aromatic heterocycles. The molecule has 1 aliphatic carbocycles. The van der Waals surface area contributed by atoms with Crippen molar-refractivity contribution in [3.05, 3.63) is 94.4 Å². The minimum atomic E-state index is -0.498. The molecule has 10 heteroatoms. The molecule has 2 aromatic carbocycles. The first-order valence-corrected chi connectivity index (χ1v) is 15.1. The van der Waals surface area contributed by atoms with Crippen LogP contribution in [0.1, 0.15) is 24.4 Å². The van der Waals surface area contributed by atoms with E-state index in [9.17, 15) is 9.18 Å². The fraction of sp³-hybridized carbons (Fsp3) is 0.424. The van der Waals surface area contributed by atoms with Crippen LogP contribution in [0.5, 0.6) is 11.5 Å². The van der Waals surface area contributed by atoms with Crippen molar-refractivity contribution in [2.24, 2.45) is 5.92 Å². The summed E-state index contributed by atoms with van der Waals surface area (Å²) in [5.74, 6) is 0.759. The van der Waals surface area contributed by atoms with E-state index in [1.165, 1.54) is 29.8 Å². The summed E-state index contributed by atoms with van der Waals surface area (Å²) < 4.78 is 35.8. The maximum Gasteiger partial charge on any atom is 0.416 e. The highest BCUT2D eigenvalue weighted by Crippen LogP contribution is 2.45. The maximum absolute atomic E-state index is 13.6. The number of carbonyl (C=O) groups excluding carboxylic acids is 1. The number of nitrogens with one attached hydrogen (secondary N) is 1. The van der Waals surface area contributed by atoms with Gasteiger partial charge >= 0.3 is 6.09 Å². The smallest absolute Gasteiger partial charge is 0.416 e. The Balaban J connectivity index is 1.33. The molecule has 1 amide bonds. The molecule has 2 aromatic rings. The van der Waals surface area contributed by atoms with Crippen molar-refractivity contribution >= 4 is 17.7 Å². The van der Waals surface area contributed by atoms with Gasteiger partial charge in [0, 0.05) is 57.0 Å². The number of hydrogen-bond acceptors (Lipinski definition) is 7. The summed E-state index contributed by atoms with van der Waals surface area (Å²) >= 11 is 6.38. The second-order valence-electron chi connectivity index (χ2n) is 10.8. The zero-order valence-electron chi connectivity index (χ0n) is 24.6. The number of amides is 1. The fourth-order valence-electron chi connectivity index (χ4n) is 5.87. The van der Waals surface area contributed by atoms with Crippen molar-refractivity contribution in [3.8, 4) is 11.5 Å². The number of nitrogens with zero attached hydrogens (tertiary/aromatic N) is 2. The normalized spacial score (nSPS) is 20.9. The zero-order valence-corrected chi connectivity index (χ0v) is 25.4. The van der Waals surface area contributed by atoms with Crippen LogP contribution >= 0.6 is 11.6 Å². The Morgan fingerprint density at radius 2 is 1.81 bits per heavy atom. The number of fused-ring (bicyclic) bond motifs is 2. The second-order valence-corrected chi connectivity index (χ2v) is 11.3. The van der Waals surface area contributed by atoms with Crippen molar-refractivity contribution in [3.63, 3.8) is 0 Å². The molecular formula is C33H39ClFN3O5. The van der Waals surface area contributed by atoms with Crippen LogP contribution in [0, 0.1) is 11.7 Å². The van der Waals surface area contributed by atoms with E-state index in [0.717, 1.165) is 43.1 Å². The van der Waals surface area contributed by atoms with Gasteiger partial charge in [-0.1, -0.05) is 35.9 Å². The van der Waals surface area contributed by atoms with Crippen LogP contribution in [-0.4, -0.2) is 82.2 Å². The Labute approximate surface area is 257 Å². The molecule has 3 unspecified atom stereocenters. The third-order valence-corrected chi connectivity index (χ3v) is 8.26. The van der Waals surface area contributed by atoms with Crippen LogP contribution in [0.15, 0.2) is 83.1 Å². The summed E-state index contributed by atoms with van der Waals surface area (Å²) in [5, 5.41) is 4.37. The zero-order chi connectivity index (χ0) is 30.2. The second kappa shape index (κ2) is 14.9. The highest BCUT2D eigenvalue weighted by molar-refractivity contribution is 6.31. The van der Waals surface area contributed by atoms with Crippen LogP contribution in [0.4, 0.5) is 9.18 Å². The Hall–Kier alpha value is -3.37. The molecule has 43 heavy (non-hydrogen) atoms. The van der Waals surface area contributed by atoms with Gasteiger partial charge in [0.05, 0.1) is 25.9 Å². The summed E-state index contributed by atoms with van der Waals surface area (Å²) in [7, 11) is 3.41. The average molecular weight is 612 g/mol. The van der Waals surface area contributed by atoms with E-state index in [1.54, 1.807) is 19.1 Å². The lowest BCUT2D eigenvalue weighted by atomic mass is 9.85. The molecule has 0 bridgehead atoms. The lowest BCUT2D eigenvalue weighted by Gasteiger charge is -2.37. The van der Waals surface area contributed by atoms with Crippen molar-refractivity contribution < 1.29 is 28.1 Å². The Morgan fingerprint density at radius 1 is 1.05 bits per heavy atom. The third kappa shape index (κ3) is 7.78. The molecule has 0 radical (unpaired) electrons. The molecule has 0 saturated heterocycles. The van der Waals surface area contributed by atoms with Gasteiger partial charge in [-0.15, -0.1) is 0 Å². The van der Waals surface area contributed by atoms with Crippen LogP contribution < -0.4 is 14.8 Å². The highest BCUT2D eigenvalue weighted by atomic mass is 35.5. The van der Waals surface area contributed by atoms with Crippen molar-refractivity contribution in [2.45, 2.75) is 24.9 Å². The Morgan fingerprint density at radius 3 is 2.56 bits per heavy atom. The molecule has 0 saturated carbocycles. The highest BCUT2D eigenvalue weighted by Gasteiger charge is 2.43. The summed E-state index contributed by atoms with van der Waals surface area (Å²) in [4.78, 5) is 17.6. The number of halogens is 2. The average Bonchev–Trinajstić information content (AvgIpc) is 3.38. The van der Waals surface area contributed by atoms with E-state index in [4.69, 9.17) is 30.5 Å². The number of methoxy groups -OCH3 is 2. The van der Waals surface area contributed by atoms with Gasteiger partial charge < -0.3 is 24.3 Å². The number of hydrogen-bond donors (Lipinski definition) is 1. The van der Waals surface area contributed by atoms with Gasteiger partial charge in [0.2, 0.25) is 0 Å². The predicted molar refractivity (Wildman–Crippen MR) is 164 cm³/mol. The van der Waals surface area contributed by atoms with Crippen molar-refractivity contribution in [2.75, 3.05) is 60.2 Å². The maximum atomic E-state index is 13.6. The number of carbonyl (C=O) groups is 1. The SMILES string of the molecule is COCCN(CCCOc1cccc(C2C3=C(CCN2C(=O)Oc2ccc(F)cc2)C2C=C(Cl)C=CC2N3)c1)CCOC. The number of benzene rings is 2. The molecule has 1 N–H and O–H groups in total. The van der Waals surface area contributed by atoms with E-state index < -0.39 is 18.0 Å². The predicted octanol–water partition coefficient (Wildman–Crippen LogP) is 5.67. The standard InChI is InChI=1S/C33H39ClFN3O5/c1-40-19-16-37(17-20-41-2)14-4-18-42-27-6-3-5-23(21-27)32-31-28(29-22-24(34)7-12-30(29)36-31)13-15-38(32)33(39)43-26-10-8-25(35)9-11-26/h3,5-12,21-22,29-30,32,36H,4,13-20H2,1-2H3. The van der Waals surface area contributed by atoms with Crippen molar-refractivity contribution in [1.29, 1.82) is 0 Å². The number of allylic oxidation sites excluding steroid dienone is 2. The van der Waals surface area contributed by atoms with Crippen LogP contribution in [0.3, 0.4) is 0 Å². The van der Waals surface area contributed by atoms with Crippen molar-refractivity contribution in [1.82, 2.24) is 15.1 Å². The lowest BCUT2D eigenvalue weighted by molar-refractivity contribution is 0.110. The van der Waals surface area contributed by atoms with Crippen LogP contribution in [0.2, 0.25) is 0 Å². The van der Waals surface area contributed by atoms with E-state index in [0.29, 0.717) is 37.8 Å². The molecule has 3 atom stereocenters. The molecule has 2 heterocycles. The molecule has 8 nitrogen and oxygen atoms in total. The Kier molecular flexibility index (Phi) is 10.8. The van der Waals surface area contributed by atoms with E-state index in [2.05, 4.69) is 22.4 Å². The summed E-state index contributed by atoms with van der Waals surface area (Å²) in [5.41, 5.74) is 3.13. The molecule has 3 aliphatic rings. The Bertz CT molecular complexity index is 1340. The van der Waals surface area contributed by atoms with Crippen LogP contribution in [0.25, 0.3) is 0 Å². The lowest BCUT2D eigenvalue weighted by Crippen LogP contribution is -2.43. The molecular weight excluding hydrogens is 573 g/mol. The van der Waals surface area contributed by atoms with Gasteiger partial charge in [0.15, 0.2) is 0 Å². The number of rotatable bonds is 13. The van der Waals surface area contributed by atoms with E-state index in [1.807, 2.05) is 30.3 Å². The minimum absolute atomic E-state index is 0.0710. The van der Waals surface area contributed by atoms with E-state index >= 15 is 0 Å². The first kappa shape index (κ1) is 31.1. The minimum Gasteiger partial charge on any atom is -0.494 e. The summed E-state index contributed by atoms with van der Waals surface area (Å²) in [6.45, 7) is 4.88. The van der Waals surface area contributed by atoms with E-state index in [-0.39, 0.29) is 17.7 Å². The summed E-state index contributed by atoms with van der Waals surface area (Å²) in [6.07, 6.45) is 7.09. The number of ether oxygens (including phenoxy) is 4. The van der Waals surface area contributed by atoms with Gasteiger partial charge in [0.25, 0.3) is 0 Å². The molecule has 230 valence electrons. The van der Waals surface area contributed by atoms with Gasteiger partial charge in [-0.3, -0.25) is 9.80 Å². The molecule has 5 rings (SSSR count). The first-order chi connectivity index (χ1) is 21.0. The monoisotopic (exact) mass is 611 g/mol. The van der Waals surface area contributed by atoms with Gasteiger partial charge in [-0.2, -0.15) is 0 Å². The molecule has 2 aliphatic heterocycles. The fourth-order valence-corrected chi connectivity index (χ4v) is 6.08. The molecule has 0 fully saturated rings.